The van der Waals surface area contributed by atoms with E-state index in [0.717, 1.165) is 22.3 Å². The zero-order valence-electron chi connectivity index (χ0n) is 19.0. The Kier molecular flexibility index (Phi) is 6.22. The minimum Gasteiger partial charge on any atom is -0.481 e. The molecule has 3 aromatic rings. The number of nitrogens with one attached hydrogen (secondary N) is 1. The van der Waals surface area contributed by atoms with Crippen molar-refractivity contribution in [3.8, 4) is 11.1 Å². The molecule has 9 heteroatoms. The summed E-state index contributed by atoms with van der Waals surface area (Å²) in [5, 5.41) is 15.6. The van der Waals surface area contributed by atoms with E-state index in [-0.39, 0.29) is 30.5 Å². The molecule has 1 saturated heterocycles. The molecule has 180 valence electrons. The first-order valence-electron chi connectivity index (χ1n) is 11.6. The Balaban J connectivity index is 1.17. The highest BCUT2D eigenvalue weighted by molar-refractivity contribution is 5.95. The van der Waals surface area contributed by atoms with E-state index in [2.05, 4.69) is 22.6 Å². The van der Waals surface area contributed by atoms with E-state index >= 15 is 0 Å². The molecule has 2 aliphatic rings. The maximum atomic E-state index is 12.9. The van der Waals surface area contributed by atoms with Gasteiger partial charge in [0, 0.05) is 19.0 Å². The second-order valence-electron chi connectivity index (χ2n) is 8.76. The van der Waals surface area contributed by atoms with E-state index < -0.39 is 18.0 Å². The van der Waals surface area contributed by atoms with Crippen molar-refractivity contribution in [1.82, 2.24) is 15.4 Å². The molecule has 5 rings (SSSR count). The first-order valence-corrected chi connectivity index (χ1v) is 11.6. The van der Waals surface area contributed by atoms with E-state index in [1.54, 1.807) is 4.90 Å². The third-order valence-electron chi connectivity index (χ3n) is 6.75. The number of carboxylic acids is 1. The number of fused-ring (bicyclic) bond motifs is 3. The fraction of sp³-hybridized carbons (Fsp3) is 0.308. The highest BCUT2D eigenvalue weighted by atomic mass is 16.5. The molecule has 2 N–H and O–H groups in total. The maximum absolute atomic E-state index is 12.9. The van der Waals surface area contributed by atoms with E-state index in [4.69, 9.17) is 14.4 Å². The van der Waals surface area contributed by atoms with Gasteiger partial charge in [0.15, 0.2) is 0 Å². The number of carbonyl (C=O) groups excluding carboxylic acids is 2. The van der Waals surface area contributed by atoms with Gasteiger partial charge in [0.2, 0.25) is 0 Å². The van der Waals surface area contributed by atoms with Crippen molar-refractivity contribution in [2.24, 2.45) is 5.92 Å². The molecular formula is C26H25N3O6. The molecule has 1 aliphatic heterocycles. The Morgan fingerprint density at radius 2 is 1.66 bits per heavy atom. The summed E-state index contributed by atoms with van der Waals surface area (Å²) in [5.74, 6) is -1.61. The summed E-state index contributed by atoms with van der Waals surface area (Å²) in [6.07, 6.45) is 1.44. The third-order valence-corrected chi connectivity index (χ3v) is 6.75. The molecule has 0 saturated carbocycles. The Morgan fingerprint density at radius 3 is 2.29 bits per heavy atom. The van der Waals surface area contributed by atoms with Crippen molar-refractivity contribution < 1.29 is 28.8 Å². The van der Waals surface area contributed by atoms with Gasteiger partial charge in [-0.05, 0) is 35.1 Å². The van der Waals surface area contributed by atoms with Crippen LogP contribution in [0, 0.1) is 5.92 Å². The van der Waals surface area contributed by atoms with Crippen molar-refractivity contribution in [3.63, 3.8) is 0 Å². The summed E-state index contributed by atoms with van der Waals surface area (Å²) in [7, 11) is 0. The number of carbonyl (C=O) groups is 3. The molecule has 0 bridgehead atoms. The number of piperidine rings is 1. The molecule has 0 radical (unpaired) electrons. The van der Waals surface area contributed by atoms with Crippen LogP contribution in [0.25, 0.3) is 11.1 Å². The Bertz CT molecular complexity index is 1220. The Labute approximate surface area is 201 Å². The number of aromatic nitrogens is 1. The molecule has 1 fully saturated rings. The fourth-order valence-electron chi connectivity index (χ4n) is 4.87. The molecule has 1 aromatic heterocycles. The van der Waals surface area contributed by atoms with Crippen LogP contribution in [0.4, 0.5) is 4.79 Å². The number of likely N-dealkylation sites (tertiary alicyclic amines) is 1. The van der Waals surface area contributed by atoms with Crippen molar-refractivity contribution in [1.29, 1.82) is 0 Å². The Morgan fingerprint density at radius 1 is 1.03 bits per heavy atom. The highest BCUT2D eigenvalue weighted by Crippen LogP contribution is 2.44. The van der Waals surface area contributed by atoms with Crippen LogP contribution in [0.3, 0.4) is 0 Å². The molecule has 35 heavy (non-hydrogen) atoms. The number of amides is 2. The van der Waals surface area contributed by atoms with Crippen LogP contribution >= 0.6 is 0 Å². The number of benzene rings is 2. The molecule has 1 aliphatic carbocycles. The quantitative estimate of drug-likeness (QED) is 0.558. The summed E-state index contributed by atoms with van der Waals surface area (Å²) in [4.78, 5) is 38.1. The molecule has 9 nitrogen and oxygen atoms in total. The molecule has 0 unspecified atom stereocenters. The molecule has 0 atom stereocenters. The van der Waals surface area contributed by atoms with E-state index in [1.165, 1.54) is 6.26 Å². The van der Waals surface area contributed by atoms with Gasteiger partial charge in [-0.2, -0.15) is 0 Å². The SMILES string of the molecule is O=C(NCc1nocc1C(=O)N1CCC(C(=O)O)CC1)OCC1c2ccccc2-c2ccccc21. The lowest BCUT2D eigenvalue weighted by molar-refractivity contribution is -0.143. The summed E-state index contributed by atoms with van der Waals surface area (Å²) in [5.41, 5.74) is 5.09. The van der Waals surface area contributed by atoms with Gasteiger partial charge in [0.25, 0.3) is 5.91 Å². The van der Waals surface area contributed by atoms with Gasteiger partial charge in [-0.25, -0.2) is 4.79 Å². The van der Waals surface area contributed by atoms with Gasteiger partial charge in [-0.3, -0.25) is 9.59 Å². The topological polar surface area (TPSA) is 122 Å². The first-order chi connectivity index (χ1) is 17.0. The summed E-state index contributed by atoms with van der Waals surface area (Å²) < 4.78 is 10.5. The fourth-order valence-corrected chi connectivity index (χ4v) is 4.87. The highest BCUT2D eigenvalue weighted by Gasteiger charge is 2.31. The molecular weight excluding hydrogens is 450 g/mol. The summed E-state index contributed by atoms with van der Waals surface area (Å²) >= 11 is 0. The number of rotatable bonds is 6. The van der Waals surface area contributed by atoms with Gasteiger partial charge in [-0.1, -0.05) is 53.7 Å². The zero-order valence-corrected chi connectivity index (χ0v) is 19.0. The lowest BCUT2D eigenvalue weighted by atomic mass is 9.96. The number of carboxylic acid groups (broad SMARTS) is 1. The third kappa shape index (κ3) is 4.49. The van der Waals surface area contributed by atoms with Gasteiger partial charge in [0.05, 0.1) is 12.5 Å². The average molecular weight is 476 g/mol. The van der Waals surface area contributed by atoms with Crippen LogP contribution in [0.15, 0.2) is 59.3 Å². The predicted octanol–water partition coefficient (Wildman–Crippen LogP) is 3.65. The van der Waals surface area contributed by atoms with Crippen molar-refractivity contribution in [2.45, 2.75) is 25.3 Å². The van der Waals surface area contributed by atoms with Gasteiger partial charge in [-0.15, -0.1) is 0 Å². The van der Waals surface area contributed by atoms with Crippen LogP contribution in [0.2, 0.25) is 0 Å². The van der Waals surface area contributed by atoms with Crippen LogP contribution in [-0.2, 0) is 16.1 Å². The number of aliphatic carboxylic acids is 1. The number of hydrogen-bond donors (Lipinski definition) is 2. The largest absolute Gasteiger partial charge is 0.481 e. The minimum atomic E-state index is -0.838. The van der Waals surface area contributed by atoms with Crippen molar-refractivity contribution in [3.05, 3.63) is 77.2 Å². The normalized spacial score (nSPS) is 15.4. The number of alkyl carbamates (subject to hydrolysis) is 1. The van der Waals surface area contributed by atoms with Crippen LogP contribution < -0.4 is 5.32 Å². The van der Waals surface area contributed by atoms with Gasteiger partial charge in [0.1, 0.15) is 24.1 Å². The summed E-state index contributed by atoms with van der Waals surface area (Å²) in [6.45, 7) is 0.850. The molecule has 0 spiro atoms. The first kappa shape index (κ1) is 22.6. The minimum absolute atomic E-state index is 0.0279. The monoisotopic (exact) mass is 475 g/mol. The van der Waals surface area contributed by atoms with E-state index in [0.29, 0.717) is 31.6 Å². The summed E-state index contributed by atoms with van der Waals surface area (Å²) in [6, 6.07) is 16.2. The molecule has 2 aromatic carbocycles. The van der Waals surface area contributed by atoms with E-state index in [9.17, 15) is 14.4 Å². The second-order valence-corrected chi connectivity index (χ2v) is 8.76. The smallest absolute Gasteiger partial charge is 0.407 e. The predicted molar refractivity (Wildman–Crippen MR) is 125 cm³/mol. The molecule has 2 amide bonds. The Hall–Kier alpha value is -4.14. The van der Waals surface area contributed by atoms with Gasteiger partial charge < -0.3 is 24.6 Å². The maximum Gasteiger partial charge on any atom is 0.407 e. The lowest BCUT2D eigenvalue weighted by Crippen LogP contribution is -2.40. The van der Waals surface area contributed by atoms with Crippen LogP contribution in [0.5, 0.6) is 0 Å². The van der Waals surface area contributed by atoms with Crippen LogP contribution in [-0.4, -0.2) is 52.8 Å². The van der Waals surface area contributed by atoms with Crippen molar-refractivity contribution >= 4 is 18.0 Å². The van der Waals surface area contributed by atoms with Gasteiger partial charge >= 0.3 is 12.1 Å². The zero-order chi connectivity index (χ0) is 24.4. The van der Waals surface area contributed by atoms with E-state index in [1.807, 2.05) is 36.4 Å². The number of ether oxygens (including phenoxy) is 1. The second kappa shape index (κ2) is 9.61. The lowest BCUT2D eigenvalue weighted by Gasteiger charge is -2.29. The van der Waals surface area contributed by atoms with Crippen LogP contribution in [0.1, 0.15) is 45.9 Å². The average Bonchev–Trinajstić information content (AvgIpc) is 3.48. The molecule has 2 heterocycles. The number of nitrogens with zero attached hydrogens (tertiary/aromatic N) is 2. The van der Waals surface area contributed by atoms with Crippen molar-refractivity contribution in [2.75, 3.05) is 19.7 Å². The number of hydrogen-bond acceptors (Lipinski definition) is 6. The standard InChI is InChI=1S/C26H25N3O6/c30-24(29-11-9-16(10-12-29)25(31)32)22-15-35-28-23(22)13-27-26(33)34-14-21-19-7-3-1-5-17(19)18-6-2-4-8-20(18)21/h1-8,15-16,21H,9-14H2,(H,27,33)(H,31,32).